The van der Waals surface area contributed by atoms with E-state index in [1.165, 1.54) is 6.20 Å². The number of aromatic nitrogens is 3. The Bertz CT molecular complexity index is 1340. The molecule has 2 aliphatic rings. The second-order valence-electron chi connectivity index (χ2n) is 8.35. The van der Waals surface area contributed by atoms with Gasteiger partial charge in [-0.05, 0) is 49.6 Å². The highest BCUT2D eigenvalue weighted by atomic mass is 16.5. The molecule has 9 nitrogen and oxygen atoms in total. The SMILES string of the molecule is CN1CC=C(Oc2ccc(NC(=O)c3c4n(n(-c5ccccc5)c3=O)CCCC4)nc2)C=C1N. The van der Waals surface area contributed by atoms with Crippen LogP contribution in [0.5, 0.6) is 5.75 Å². The minimum absolute atomic E-state index is 0.169. The number of rotatable bonds is 5. The number of ether oxygens (including phenoxy) is 1. The average Bonchev–Trinajstić information content (AvgIpc) is 3.15. The molecule has 0 atom stereocenters. The number of pyridine rings is 1. The highest BCUT2D eigenvalue weighted by molar-refractivity contribution is 6.04. The molecule has 2 aromatic heterocycles. The van der Waals surface area contributed by atoms with Gasteiger partial charge in [0.05, 0.1) is 17.6 Å². The van der Waals surface area contributed by atoms with Crippen molar-refractivity contribution in [1.82, 2.24) is 19.2 Å². The van der Waals surface area contributed by atoms with Crippen molar-refractivity contribution < 1.29 is 9.53 Å². The van der Waals surface area contributed by atoms with E-state index in [0.717, 1.165) is 24.2 Å². The summed E-state index contributed by atoms with van der Waals surface area (Å²) in [4.78, 5) is 32.7. The molecular weight excluding hydrogens is 432 g/mol. The average molecular weight is 459 g/mol. The molecular formula is C25H26N6O3. The highest BCUT2D eigenvalue weighted by Gasteiger charge is 2.27. The first-order valence-electron chi connectivity index (χ1n) is 11.2. The lowest BCUT2D eigenvalue weighted by molar-refractivity contribution is 0.102. The van der Waals surface area contributed by atoms with Gasteiger partial charge in [-0.3, -0.25) is 14.3 Å². The zero-order valence-electron chi connectivity index (χ0n) is 18.9. The Balaban J connectivity index is 1.37. The van der Waals surface area contributed by atoms with Gasteiger partial charge in [-0.25, -0.2) is 9.67 Å². The van der Waals surface area contributed by atoms with Crippen LogP contribution >= 0.6 is 0 Å². The summed E-state index contributed by atoms with van der Waals surface area (Å²) in [7, 11) is 1.90. The molecule has 174 valence electrons. The zero-order chi connectivity index (χ0) is 23.7. The van der Waals surface area contributed by atoms with Crippen molar-refractivity contribution in [2.24, 2.45) is 5.73 Å². The number of anilines is 1. The molecule has 0 spiro atoms. The lowest BCUT2D eigenvalue weighted by Crippen LogP contribution is -2.27. The van der Waals surface area contributed by atoms with Gasteiger partial charge in [0.15, 0.2) is 0 Å². The third-order valence-corrected chi connectivity index (χ3v) is 6.02. The fraction of sp³-hybridized carbons (Fsp3) is 0.240. The predicted octanol–water partition coefficient (Wildman–Crippen LogP) is 2.63. The molecule has 9 heteroatoms. The maximum atomic E-state index is 13.3. The molecule has 1 amide bonds. The van der Waals surface area contributed by atoms with Gasteiger partial charge < -0.3 is 20.7 Å². The fourth-order valence-electron chi connectivity index (χ4n) is 4.23. The van der Waals surface area contributed by atoms with Crippen molar-refractivity contribution >= 4 is 11.7 Å². The molecule has 34 heavy (non-hydrogen) atoms. The van der Waals surface area contributed by atoms with E-state index in [1.807, 2.05) is 53.0 Å². The van der Waals surface area contributed by atoms with Crippen LogP contribution in [0, 0.1) is 0 Å². The number of amides is 1. The molecule has 0 saturated carbocycles. The quantitative estimate of drug-likeness (QED) is 0.609. The van der Waals surface area contributed by atoms with Crippen molar-refractivity contribution in [3.05, 3.63) is 94.0 Å². The summed E-state index contributed by atoms with van der Waals surface area (Å²) < 4.78 is 9.34. The van der Waals surface area contributed by atoms with E-state index in [4.69, 9.17) is 10.5 Å². The third-order valence-electron chi connectivity index (χ3n) is 6.02. The van der Waals surface area contributed by atoms with Crippen LogP contribution in [0.2, 0.25) is 0 Å². The molecule has 2 aliphatic heterocycles. The Hall–Kier alpha value is -4.27. The minimum Gasteiger partial charge on any atom is -0.456 e. The van der Waals surface area contributed by atoms with Crippen molar-refractivity contribution in [3.63, 3.8) is 0 Å². The number of allylic oxidation sites excluding steroid dienone is 1. The van der Waals surface area contributed by atoms with Crippen molar-refractivity contribution in [1.29, 1.82) is 0 Å². The molecule has 0 saturated heterocycles. The Kier molecular flexibility index (Phi) is 5.67. The van der Waals surface area contributed by atoms with Crippen LogP contribution in [0.25, 0.3) is 5.69 Å². The number of hydrogen-bond acceptors (Lipinski definition) is 6. The number of likely N-dealkylation sites (N-methyl/N-ethyl adjacent to an activating group) is 1. The van der Waals surface area contributed by atoms with Crippen LogP contribution in [0.15, 0.2) is 77.2 Å². The third kappa shape index (κ3) is 4.07. The van der Waals surface area contributed by atoms with Gasteiger partial charge in [-0.2, -0.15) is 0 Å². The molecule has 1 aromatic carbocycles. The van der Waals surface area contributed by atoms with Gasteiger partial charge >= 0.3 is 0 Å². The highest BCUT2D eigenvalue weighted by Crippen LogP contribution is 2.22. The van der Waals surface area contributed by atoms with Gasteiger partial charge in [-0.1, -0.05) is 18.2 Å². The lowest BCUT2D eigenvalue weighted by atomic mass is 10.1. The standard InChI is InChI=1S/C25H26N6O3/c1-29-14-12-18(15-21(29)26)34-19-10-11-22(27-16-19)28-24(32)23-20-9-5-6-13-30(20)31(25(23)33)17-7-3-2-4-8-17/h2-4,7-8,10-12,15-16H,5-6,9,13-14,26H2,1H3,(H,27,28,32). The molecule has 0 unspecified atom stereocenters. The first kappa shape index (κ1) is 21.6. The van der Waals surface area contributed by atoms with Gasteiger partial charge in [0.25, 0.3) is 11.5 Å². The summed E-state index contributed by atoms with van der Waals surface area (Å²) in [5.41, 5.74) is 7.28. The number of para-hydroxylation sites is 1. The van der Waals surface area contributed by atoms with E-state index in [1.54, 1.807) is 22.9 Å². The first-order chi connectivity index (χ1) is 16.5. The Morgan fingerprint density at radius 3 is 2.71 bits per heavy atom. The largest absolute Gasteiger partial charge is 0.456 e. The summed E-state index contributed by atoms with van der Waals surface area (Å²) in [6, 6.07) is 12.8. The Morgan fingerprint density at radius 1 is 1.15 bits per heavy atom. The molecule has 3 aromatic rings. The van der Waals surface area contributed by atoms with Crippen LogP contribution in [-0.2, 0) is 13.0 Å². The van der Waals surface area contributed by atoms with Crippen LogP contribution in [0.1, 0.15) is 28.9 Å². The number of carbonyl (C=O) groups is 1. The smallest absolute Gasteiger partial charge is 0.284 e. The van der Waals surface area contributed by atoms with Crippen LogP contribution in [0.4, 0.5) is 5.82 Å². The molecule has 0 aliphatic carbocycles. The van der Waals surface area contributed by atoms with Gasteiger partial charge in [0.2, 0.25) is 0 Å². The number of benzene rings is 1. The number of nitrogens with two attached hydrogens (primary N) is 1. The van der Waals surface area contributed by atoms with E-state index < -0.39 is 5.91 Å². The number of nitrogens with zero attached hydrogens (tertiary/aromatic N) is 4. The topological polar surface area (TPSA) is 107 Å². The summed E-state index contributed by atoms with van der Waals surface area (Å²) in [5, 5.41) is 2.77. The van der Waals surface area contributed by atoms with E-state index >= 15 is 0 Å². The van der Waals surface area contributed by atoms with Crippen molar-refractivity contribution in [3.8, 4) is 11.4 Å². The Labute approximate surface area is 196 Å². The second kappa shape index (κ2) is 8.93. The van der Waals surface area contributed by atoms with Crippen LogP contribution in [0.3, 0.4) is 0 Å². The molecule has 0 bridgehead atoms. The molecule has 0 radical (unpaired) electrons. The number of hydrogen-bond donors (Lipinski definition) is 2. The fourth-order valence-corrected chi connectivity index (χ4v) is 4.23. The summed E-state index contributed by atoms with van der Waals surface area (Å²) >= 11 is 0. The number of carbonyl (C=O) groups excluding carboxylic acids is 1. The van der Waals surface area contributed by atoms with Gasteiger partial charge in [0.1, 0.15) is 28.7 Å². The van der Waals surface area contributed by atoms with E-state index in [2.05, 4.69) is 10.3 Å². The van der Waals surface area contributed by atoms with Gasteiger partial charge in [-0.15, -0.1) is 0 Å². The summed E-state index contributed by atoms with van der Waals surface area (Å²) in [6.07, 6.45) is 7.77. The second-order valence-corrected chi connectivity index (χ2v) is 8.35. The van der Waals surface area contributed by atoms with Crippen molar-refractivity contribution in [2.45, 2.75) is 25.8 Å². The lowest BCUT2D eigenvalue weighted by Gasteiger charge is -2.22. The van der Waals surface area contributed by atoms with E-state index in [9.17, 15) is 9.59 Å². The number of nitrogens with one attached hydrogen (secondary N) is 1. The molecule has 0 fully saturated rings. The minimum atomic E-state index is -0.458. The summed E-state index contributed by atoms with van der Waals surface area (Å²) in [6.45, 7) is 1.35. The monoisotopic (exact) mass is 458 g/mol. The predicted molar refractivity (Wildman–Crippen MR) is 129 cm³/mol. The Morgan fingerprint density at radius 2 is 1.97 bits per heavy atom. The molecule has 4 heterocycles. The van der Waals surface area contributed by atoms with E-state index in [-0.39, 0.29) is 11.1 Å². The van der Waals surface area contributed by atoms with Crippen molar-refractivity contribution in [2.75, 3.05) is 18.9 Å². The van der Waals surface area contributed by atoms with Gasteiger partial charge in [0, 0.05) is 26.2 Å². The number of fused-ring (bicyclic) bond motifs is 1. The maximum Gasteiger partial charge on any atom is 0.284 e. The zero-order valence-corrected chi connectivity index (χ0v) is 18.9. The molecule has 5 rings (SSSR count). The molecule has 3 N–H and O–H groups in total. The normalized spacial score (nSPS) is 15.3. The maximum absolute atomic E-state index is 13.3. The first-order valence-corrected chi connectivity index (χ1v) is 11.2. The van der Waals surface area contributed by atoms with Crippen LogP contribution < -0.4 is 21.3 Å². The van der Waals surface area contributed by atoms with E-state index in [0.29, 0.717) is 42.7 Å². The van der Waals surface area contributed by atoms with Crippen LogP contribution in [-0.4, -0.2) is 38.7 Å². The summed E-state index contributed by atoms with van der Waals surface area (Å²) in [5.74, 6) is 1.65.